The maximum Gasteiger partial charge on any atom is 0.265 e. The zero-order valence-corrected chi connectivity index (χ0v) is 14.4. The largest absolute Gasteiger partial charge is 0.390 e. The first kappa shape index (κ1) is 16.3. The van der Waals surface area contributed by atoms with Gasteiger partial charge in [-0.25, -0.2) is 8.42 Å². The van der Waals surface area contributed by atoms with Crippen molar-refractivity contribution in [3.63, 3.8) is 0 Å². The van der Waals surface area contributed by atoms with E-state index in [0.29, 0.717) is 20.9 Å². The first-order valence-electron chi connectivity index (χ1n) is 5.89. The molecule has 21 heavy (non-hydrogen) atoms. The monoisotopic (exact) mass is 393 g/mol. The Kier molecular flexibility index (Phi) is 4.62. The number of nitrogens with zero attached hydrogens (tertiary/aromatic N) is 1. The normalized spacial score (nSPS) is 11.7. The van der Waals surface area contributed by atoms with Crippen molar-refractivity contribution in [1.82, 2.24) is 10.2 Å². The standard InChI is InChI=1S/C12H13BrClN3O3S/c1-6-3-8(13)10(4-9(6)14)17-21(19,20)12-7(2)15-16-11(12)5-18/h3-4,17-18H,5H2,1-2H3,(H,15,16). The van der Waals surface area contributed by atoms with Crippen molar-refractivity contribution in [2.75, 3.05) is 4.72 Å². The number of anilines is 1. The van der Waals surface area contributed by atoms with Crippen molar-refractivity contribution in [2.45, 2.75) is 25.3 Å². The van der Waals surface area contributed by atoms with Gasteiger partial charge in [-0.2, -0.15) is 5.10 Å². The fourth-order valence-corrected chi connectivity index (χ4v) is 4.13. The van der Waals surface area contributed by atoms with Crippen LogP contribution in [0, 0.1) is 13.8 Å². The fourth-order valence-electron chi connectivity index (χ4n) is 1.85. The highest BCUT2D eigenvalue weighted by molar-refractivity contribution is 9.10. The van der Waals surface area contributed by atoms with Crippen LogP contribution in [0.3, 0.4) is 0 Å². The molecule has 1 heterocycles. The Labute approximate surface area is 135 Å². The van der Waals surface area contributed by atoms with E-state index in [1.165, 1.54) is 6.07 Å². The van der Waals surface area contributed by atoms with E-state index < -0.39 is 16.6 Å². The summed E-state index contributed by atoms with van der Waals surface area (Å²) in [4.78, 5) is -0.0615. The lowest BCUT2D eigenvalue weighted by molar-refractivity contribution is 0.273. The number of aliphatic hydroxyl groups is 1. The van der Waals surface area contributed by atoms with Gasteiger partial charge >= 0.3 is 0 Å². The van der Waals surface area contributed by atoms with Crippen LogP contribution in [0.2, 0.25) is 5.02 Å². The third-order valence-corrected chi connectivity index (χ3v) is 5.50. The van der Waals surface area contributed by atoms with Gasteiger partial charge in [0.25, 0.3) is 10.0 Å². The van der Waals surface area contributed by atoms with Crippen molar-refractivity contribution in [1.29, 1.82) is 0 Å². The molecule has 3 N–H and O–H groups in total. The maximum atomic E-state index is 12.5. The van der Waals surface area contributed by atoms with Crippen LogP contribution >= 0.6 is 27.5 Å². The third-order valence-electron chi connectivity index (χ3n) is 2.87. The van der Waals surface area contributed by atoms with Crippen LogP contribution < -0.4 is 4.72 Å². The van der Waals surface area contributed by atoms with Crippen LogP contribution in [-0.4, -0.2) is 23.7 Å². The van der Waals surface area contributed by atoms with Crippen molar-refractivity contribution >= 4 is 43.2 Å². The topological polar surface area (TPSA) is 95.1 Å². The van der Waals surface area contributed by atoms with Crippen molar-refractivity contribution in [3.05, 3.63) is 38.6 Å². The van der Waals surface area contributed by atoms with Gasteiger partial charge in [0.2, 0.25) is 0 Å². The number of halogens is 2. The van der Waals surface area contributed by atoms with Gasteiger partial charge < -0.3 is 5.11 Å². The van der Waals surface area contributed by atoms with Crippen molar-refractivity contribution in [2.24, 2.45) is 0 Å². The van der Waals surface area contributed by atoms with E-state index in [1.807, 2.05) is 6.92 Å². The van der Waals surface area contributed by atoms with Gasteiger partial charge in [-0.15, -0.1) is 0 Å². The van der Waals surface area contributed by atoms with E-state index in [1.54, 1.807) is 13.0 Å². The zero-order valence-electron chi connectivity index (χ0n) is 11.2. The Hall–Kier alpha value is -1.09. The molecule has 0 amide bonds. The highest BCUT2D eigenvalue weighted by Gasteiger charge is 2.25. The van der Waals surface area contributed by atoms with E-state index in [0.717, 1.165) is 5.56 Å². The summed E-state index contributed by atoms with van der Waals surface area (Å²) in [5.41, 5.74) is 1.55. The summed E-state index contributed by atoms with van der Waals surface area (Å²) in [7, 11) is -3.89. The van der Waals surface area contributed by atoms with Crippen LogP contribution in [-0.2, 0) is 16.6 Å². The van der Waals surface area contributed by atoms with Crippen LogP contribution in [0.4, 0.5) is 5.69 Å². The lowest BCUT2D eigenvalue weighted by Gasteiger charge is -2.11. The summed E-state index contributed by atoms with van der Waals surface area (Å²) < 4.78 is 27.9. The number of hydrogen-bond acceptors (Lipinski definition) is 4. The number of aromatic amines is 1. The summed E-state index contributed by atoms with van der Waals surface area (Å²) in [6.07, 6.45) is 0. The molecular weight excluding hydrogens is 382 g/mol. The van der Waals surface area contributed by atoms with Gasteiger partial charge in [0.1, 0.15) is 10.6 Å². The number of H-pyrrole nitrogens is 1. The van der Waals surface area contributed by atoms with Crippen LogP contribution in [0.25, 0.3) is 0 Å². The molecule has 2 aromatic rings. The molecule has 2 rings (SSSR count). The number of sulfonamides is 1. The lowest BCUT2D eigenvalue weighted by atomic mass is 10.2. The molecule has 0 saturated carbocycles. The molecule has 9 heteroatoms. The van der Waals surface area contributed by atoms with Gasteiger partial charge in [0.15, 0.2) is 0 Å². The van der Waals surface area contributed by atoms with Gasteiger partial charge in [-0.1, -0.05) is 11.6 Å². The lowest BCUT2D eigenvalue weighted by Crippen LogP contribution is -2.15. The molecule has 0 aliphatic heterocycles. The van der Waals surface area contributed by atoms with E-state index in [2.05, 4.69) is 30.8 Å². The summed E-state index contributed by atoms with van der Waals surface area (Å²) in [6.45, 7) is 2.91. The van der Waals surface area contributed by atoms with E-state index >= 15 is 0 Å². The summed E-state index contributed by atoms with van der Waals surface area (Å²) in [5.74, 6) is 0. The van der Waals surface area contributed by atoms with Crippen LogP contribution in [0.1, 0.15) is 17.0 Å². The minimum Gasteiger partial charge on any atom is -0.390 e. The molecule has 0 bridgehead atoms. The molecule has 0 saturated heterocycles. The molecule has 0 radical (unpaired) electrons. The zero-order chi connectivity index (χ0) is 15.8. The molecular formula is C12H13BrClN3O3S. The predicted molar refractivity (Wildman–Crippen MR) is 83.9 cm³/mol. The maximum absolute atomic E-state index is 12.5. The molecule has 1 aromatic carbocycles. The molecule has 6 nitrogen and oxygen atoms in total. The highest BCUT2D eigenvalue weighted by atomic mass is 79.9. The minimum absolute atomic E-state index is 0.0615. The minimum atomic E-state index is -3.89. The Morgan fingerprint density at radius 1 is 1.43 bits per heavy atom. The Morgan fingerprint density at radius 2 is 2.10 bits per heavy atom. The summed E-state index contributed by atoms with van der Waals surface area (Å²) in [5, 5.41) is 16.0. The quantitative estimate of drug-likeness (QED) is 0.743. The van der Waals surface area contributed by atoms with Crippen molar-refractivity contribution in [3.8, 4) is 0 Å². The molecule has 0 unspecified atom stereocenters. The number of hydrogen-bond donors (Lipinski definition) is 3. The molecule has 0 aliphatic rings. The van der Waals surface area contributed by atoms with E-state index in [9.17, 15) is 13.5 Å². The first-order valence-corrected chi connectivity index (χ1v) is 8.55. The number of benzene rings is 1. The molecule has 114 valence electrons. The molecule has 0 spiro atoms. The number of aromatic nitrogens is 2. The number of aryl methyl sites for hydroxylation is 2. The SMILES string of the molecule is Cc1cc(Br)c(NS(=O)(=O)c2c(CO)n[nH]c2C)cc1Cl. The second-order valence-corrected chi connectivity index (χ2v) is 7.35. The Balaban J connectivity index is 2.47. The van der Waals surface area contributed by atoms with Crippen LogP contribution in [0.15, 0.2) is 21.5 Å². The van der Waals surface area contributed by atoms with Gasteiger partial charge in [0.05, 0.1) is 18.0 Å². The Morgan fingerprint density at radius 3 is 2.71 bits per heavy atom. The number of nitrogens with one attached hydrogen (secondary N) is 2. The van der Waals surface area contributed by atoms with E-state index in [4.69, 9.17) is 11.6 Å². The molecule has 0 atom stereocenters. The first-order chi connectivity index (χ1) is 9.76. The number of aliphatic hydroxyl groups excluding tert-OH is 1. The second-order valence-electron chi connectivity index (χ2n) is 4.47. The van der Waals surface area contributed by atoms with Gasteiger partial charge in [0, 0.05) is 9.50 Å². The molecule has 0 fully saturated rings. The molecule has 1 aromatic heterocycles. The average molecular weight is 395 g/mol. The summed E-state index contributed by atoms with van der Waals surface area (Å²) in [6, 6.07) is 3.24. The van der Waals surface area contributed by atoms with Crippen LogP contribution in [0.5, 0.6) is 0 Å². The second kappa shape index (κ2) is 5.96. The van der Waals surface area contributed by atoms with Crippen molar-refractivity contribution < 1.29 is 13.5 Å². The Bertz CT molecular complexity index is 789. The number of rotatable bonds is 4. The van der Waals surface area contributed by atoms with Gasteiger partial charge in [-0.3, -0.25) is 9.82 Å². The third kappa shape index (κ3) is 3.23. The summed E-state index contributed by atoms with van der Waals surface area (Å²) >= 11 is 9.31. The highest BCUT2D eigenvalue weighted by Crippen LogP contribution is 2.31. The predicted octanol–water partition coefficient (Wildman–Crippen LogP) is 2.74. The fraction of sp³-hybridized carbons (Fsp3) is 0.250. The average Bonchev–Trinajstić information content (AvgIpc) is 2.77. The van der Waals surface area contributed by atoms with E-state index in [-0.39, 0.29) is 10.6 Å². The molecule has 0 aliphatic carbocycles. The smallest absolute Gasteiger partial charge is 0.265 e. The van der Waals surface area contributed by atoms with Gasteiger partial charge in [-0.05, 0) is 47.5 Å².